The Hall–Kier alpha value is -5.39. The lowest BCUT2D eigenvalue weighted by Gasteiger charge is -2.41. The van der Waals surface area contributed by atoms with E-state index in [0.29, 0.717) is 47.5 Å². The zero-order valence-corrected chi connectivity index (χ0v) is 27.3. The second-order valence-electron chi connectivity index (χ2n) is 12.3. The molecule has 0 aliphatic carbocycles. The molecule has 47 heavy (non-hydrogen) atoms. The highest BCUT2D eigenvalue weighted by atomic mass is 19.1. The molecule has 1 aromatic carbocycles. The second-order valence-corrected chi connectivity index (χ2v) is 12.3. The van der Waals surface area contributed by atoms with Crippen LogP contribution in [0.25, 0.3) is 38.9 Å². The van der Waals surface area contributed by atoms with E-state index in [1.165, 1.54) is 23.8 Å². The predicted octanol–water partition coefficient (Wildman–Crippen LogP) is 4.79. The number of pyridine rings is 3. The average Bonchev–Trinajstić information content (AvgIpc) is 3.53. The lowest BCUT2D eigenvalue weighted by Crippen LogP contribution is -2.54. The van der Waals surface area contributed by atoms with Crippen molar-refractivity contribution in [3.05, 3.63) is 87.9 Å². The standard InChI is InChI=1S/C35H37FN8O3/c1-8-26(45)43-14-13-42(17-21(43)6)32-22-15-24(36)30(27-19(4)9-10-25-23(27)16-39-41-25)40-33(22)44(35(47)28(32)34(46)37-7)31-20(5)11-12-38-29(31)18(2)3/h8-12,15-16,18,21H,1,13-14,17H2,2-7H3,(H,37,46)(H,39,41)/t21-/m1/s1. The first-order valence-corrected chi connectivity index (χ1v) is 15.6. The number of amides is 2. The number of benzene rings is 1. The van der Waals surface area contributed by atoms with E-state index in [1.54, 1.807) is 23.4 Å². The number of hydrogen-bond acceptors (Lipinski definition) is 7. The van der Waals surface area contributed by atoms with Crippen molar-refractivity contribution in [2.45, 2.75) is 46.6 Å². The van der Waals surface area contributed by atoms with Crippen molar-refractivity contribution in [1.82, 2.24) is 34.9 Å². The number of carbonyl (C=O) groups is 2. The molecule has 1 atom stereocenters. The molecule has 5 heterocycles. The Morgan fingerprint density at radius 2 is 1.89 bits per heavy atom. The maximum atomic E-state index is 16.6. The summed E-state index contributed by atoms with van der Waals surface area (Å²) in [5, 5.41) is 10.7. The number of aromatic nitrogens is 5. The van der Waals surface area contributed by atoms with Gasteiger partial charge in [-0.1, -0.05) is 26.5 Å². The summed E-state index contributed by atoms with van der Waals surface area (Å²) in [4.78, 5) is 54.3. The fraction of sp³-hybridized carbons (Fsp3) is 0.314. The molecule has 2 N–H and O–H groups in total. The number of aromatic amines is 1. The molecule has 6 rings (SSSR count). The molecule has 11 nitrogen and oxygen atoms in total. The summed E-state index contributed by atoms with van der Waals surface area (Å²) in [6.45, 7) is 14.1. The third-order valence-electron chi connectivity index (χ3n) is 8.93. The SMILES string of the molecule is C=CC(=O)N1CCN(c2c(C(=O)NC)c(=O)n(-c3c(C)ccnc3C(C)C)c3nc(-c4c(C)ccc5[nH]ncc45)c(F)cc23)C[C@H]1C. The van der Waals surface area contributed by atoms with Crippen molar-refractivity contribution in [2.24, 2.45) is 0 Å². The topological polar surface area (TPSA) is 129 Å². The number of halogens is 1. The number of piperazine rings is 1. The largest absolute Gasteiger partial charge is 0.366 e. The summed E-state index contributed by atoms with van der Waals surface area (Å²) < 4.78 is 18.0. The van der Waals surface area contributed by atoms with Crippen molar-refractivity contribution >= 4 is 39.4 Å². The number of fused-ring (bicyclic) bond motifs is 2. The lowest BCUT2D eigenvalue weighted by atomic mass is 9.98. The Balaban J connectivity index is 1.76. The maximum Gasteiger partial charge on any atom is 0.271 e. The molecule has 12 heteroatoms. The molecular formula is C35H37FN8O3. The van der Waals surface area contributed by atoms with Gasteiger partial charge in [-0.3, -0.25) is 29.0 Å². The number of anilines is 1. The van der Waals surface area contributed by atoms with Crippen LogP contribution in [0.3, 0.4) is 0 Å². The monoisotopic (exact) mass is 636 g/mol. The van der Waals surface area contributed by atoms with Gasteiger partial charge in [-0.15, -0.1) is 0 Å². The van der Waals surface area contributed by atoms with Crippen LogP contribution in [0.5, 0.6) is 0 Å². The highest BCUT2D eigenvalue weighted by Gasteiger charge is 2.34. The van der Waals surface area contributed by atoms with Crippen LogP contribution in [-0.2, 0) is 4.79 Å². The zero-order valence-electron chi connectivity index (χ0n) is 27.3. The number of rotatable bonds is 6. The van der Waals surface area contributed by atoms with Gasteiger partial charge in [-0.05, 0) is 62.1 Å². The smallest absolute Gasteiger partial charge is 0.271 e. The Bertz CT molecular complexity index is 2150. The van der Waals surface area contributed by atoms with Crippen LogP contribution in [0.2, 0.25) is 0 Å². The molecule has 0 bridgehead atoms. The van der Waals surface area contributed by atoms with Gasteiger partial charge in [0.15, 0.2) is 5.65 Å². The first kappa shape index (κ1) is 31.6. The molecule has 0 radical (unpaired) electrons. The van der Waals surface area contributed by atoms with Crippen LogP contribution in [0, 0.1) is 19.7 Å². The van der Waals surface area contributed by atoms with E-state index in [9.17, 15) is 14.4 Å². The van der Waals surface area contributed by atoms with Gasteiger partial charge in [0.2, 0.25) is 5.91 Å². The van der Waals surface area contributed by atoms with Crippen LogP contribution in [0.15, 0.2) is 54.1 Å². The number of carbonyl (C=O) groups excluding carboxylic acids is 2. The molecule has 2 amide bonds. The van der Waals surface area contributed by atoms with Crippen LogP contribution < -0.4 is 15.8 Å². The quantitative estimate of drug-likeness (QED) is 0.257. The molecule has 4 aromatic heterocycles. The third kappa shape index (κ3) is 5.13. The van der Waals surface area contributed by atoms with Gasteiger partial charge in [0.25, 0.3) is 11.5 Å². The van der Waals surface area contributed by atoms with Crippen molar-refractivity contribution < 1.29 is 14.0 Å². The summed E-state index contributed by atoms with van der Waals surface area (Å²) in [5.41, 5.74) is 3.66. The van der Waals surface area contributed by atoms with E-state index in [1.807, 2.05) is 51.7 Å². The van der Waals surface area contributed by atoms with Crippen LogP contribution in [-0.4, -0.2) is 74.2 Å². The zero-order chi connectivity index (χ0) is 33.7. The van der Waals surface area contributed by atoms with Gasteiger partial charge >= 0.3 is 0 Å². The Kier molecular flexibility index (Phi) is 8.12. The fourth-order valence-corrected chi connectivity index (χ4v) is 6.64. The minimum atomic E-state index is -0.621. The first-order valence-electron chi connectivity index (χ1n) is 15.6. The van der Waals surface area contributed by atoms with E-state index < -0.39 is 17.3 Å². The van der Waals surface area contributed by atoms with E-state index in [0.717, 1.165) is 11.1 Å². The summed E-state index contributed by atoms with van der Waals surface area (Å²) >= 11 is 0. The number of hydrogen-bond donors (Lipinski definition) is 2. The highest BCUT2D eigenvalue weighted by Crippen LogP contribution is 2.38. The minimum absolute atomic E-state index is 0.0520. The van der Waals surface area contributed by atoms with Crippen molar-refractivity contribution in [2.75, 3.05) is 31.6 Å². The average molecular weight is 637 g/mol. The predicted molar refractivity (Wildman–Crippen MR) is 181 cm³/mol. The van der Waals surface area contributed by atoms with Crippen molar-refractivity contribution in [3.8, 4) is 16.9 Å². The van der Waals surface area contributed by atoms with E-state index >= 15 is 4.39 Å². The van der Waals surface area contributed by atoms with Crippen LogP contribution >= 0.6 is 0 Å². The van der Waals surface area contributed by atoms with Crippen LogP contribution in [0.4, 0.5) is 10.1 Å². The van der Waals surface area contributed by atoms with E-state index in [2.05, 4.69) is 27.1 Å². The normalized spacial score (nSPS) is 15.1. The molecule has 1 aliphatic heterocycles. The summed E-state index contributed by atoms with van der Waals surface area (Å²) in [6.07, 6.45) is 4.58. The van der Waals surface area contributed by atoms with Gasteiger partial charge in [0.1, 0.15) is 17.1 Å². The van der Waals surface area contributed by atoms with Gasteiger partial charge in [-0.25, -0.2) is 9.37 Å². The fourth-order valence-electron chi connectivity index (χ4n) is 6.64. The van der Waals surface area contributed by atoms with Crippen molar-refractivity contribution in [3.63, 3.8) is 0 Å². The highest BCUT2D eigenvalue weighted by molar-refractivity contribution is 6.08. The first-order chi connectivity index (χ1) is 22.5. The van der Waals surface area contributed by atoms with E-state index in [4.69, 9.17) is 4.98 Å². The van der Waals surface area contributed by atoms with Crippen LogP contribution in [0.1, 0.15) is 53.9 Å². The minimum Gasteiger partial charge on any atom is -0.366 e. The number of aryl methyl sites for hydroxylation is 2. The summed E-state index contributed by atoms with van der Waals surface area (Å²) in [5.74, 6) is -1.54. The summed E-state index contributed by atoms with van der Waals surface area (Å²) in [7, 11) is 1.45. The van der Waals surface area contributed by atoms with Gasteiger partial charge in [-0.2, -0.15) is 5.10 Å². The Labute approximate surface area is 271 Å². The molecule has 0 saturated carbocycles. The molecular weight excluding hydrogens is 599 g/mol. The number of nitrogens with one attached hydrogen (secondary N) is 2. The lowest BCUT2D eigenvalue weighted by molar-refractivity contribution is -0.128. The third-order valence-corrected chi connectivity index (χ3v) is 8.93. The Morgan fingerprint density at radius 3 is 2.57 bits per heavy atom. The number of H-pyrrole nitrogens is 1. The molecule has 0 unspecified atom stereocenters. The van der Waals surface area contributed by atoms with E-state index in [-0.39, 0.29) is 45.8 Å². The molecule has 5 aromatic rings. The van der Waals surface area contributed by atoms with Gasteiger partial charge < -0.3 is 15.1 Å². The van der Waals surface area contributed by atoms with Crippen molar-refractivity contribution in [1.29, 1.82) is 0 Å². The molecule has 1 fully saturated rings. The summed E-state index contributed by atoms with van der Waals surface area (Å²) in [6, 6.07) is 6.61. The second kappa shape index (κ2) is 12.1. The molecule has 1 saturated heterocycles. The maximum absolute atomic E-state index is 16.6. The molecule has 242 valence electrons. The Morgan fingerprint density at radius 1 is 1.13 bits per heavy atom. The number of nitrogens with zero attached hydrogens (tertiary/aromatic N) is 6. The van der Waals surface area contributed by atoms with Gasteiger partial charge in [0, 0.05) is 55.3 Å². The van der Waals surface area contributed by atoms with Gasteiger partial charge in [0.05, 0.1) is 28.8 Å². The molecule has 1 aliphatic rings. The molecule has 0 spiro atoms.